The first-order valence-corrected chi connectivity index (χ1v) is 11.3. The summed E-state index contributed by atoms with van der Waals surface area (Å²) < 4.78 is 0. The zero-order chi connectivity index (χ0) is 20.6. The highest BCUT2D eigenvalue weighted by atomic mass is 35.5. The maximum absolute atomic E-state index is 9.98. The molecule has 0 bridgehead atoms. The summed E-state index contributed by atoms with van der Waals surface area (Å²) in [6, 6.07) is 30.1. The van der Waals surface area contributed by atoms with Crippen LogP contribution < -0.4 is 0 Å². The van der Waals surface area contributed by atoms with Gasteiger partial charge in [0.15, 0.2) is 0 Å². The van der Waals surface area contributed by atoms with Crippen LogP contribution in [0.5, 0.6) is 0 Å². The Morgan fingerprint density at radius 2 is 1.35 bits per heavy atom. The Labute approximate surface area is 193 Å². The number of hydrogen-bond acceptors (Lipinski definition) is 2. The fourth-order valence-electron chi connectivity index (χ4n) is 4.64. The first kappa shape index (κ1) is 23.5. The average Bonchev–Trinajstić information content (AvgIpc) is 2.82. The van der Waals surface area contributed by atoms with Gasteiger partial charge in [-0.1, -0.05) is 84.9 Å². The standard InChI is InChI=1S/C28H33NO.ClH/c30-22-28(27-13-11-26(12-14-27)25-9-5-2-6-10-25)17-20-29-18-15-24(16-19-29)21-23-7-3-1-4-8-23;/h1-14,24,28,30H,15-22H2;1H. The monoisotopic (exact) mass is 435 g/mol. The largest absolute Gasteiger partial charge is 0.396 e. The molecule has 3 aromatic rings. The van der Waals surface area contributed by atoms with E-state index in [1.165, 1.54) is 54.6 Å². The first-order valence-electron chi connectivity index (χ1n) is 11.3. The molecule has 1 aliphatic rings. The van der Waals surface area contributed by atoms with E-state index in [4.69, 9.17) is 0 Å². The molecule has 1 saturated heterocycles. The highest BCUT2D eigenvalue weighted by molar-refractivity contribution is 5.85. The van der Waals surface area contributed by atoms with Crippen molar-refractivity contribution in [3.8, 4) is 11.1 Å². The molecule has 4 rings (SSSR count). The van der Waals surface area contributed by atoms with Gasteiger partial charge in [0.2, 0.25) is 0 Å². The molecule has 1 atom stereocenters. The smallest absolute Gasteiger partial charge is 0.0500 e. The third-order valence-electron chi connectivity index (χ3n) is 6.58. The van der Waals surface area contributed by atoms with Crippen molar-refractivity contribution in [3.05, 3.63) is 96.1 Å². The molecular formula is C28H34ClNO. The predicted molar refractivity (Wildman–Crippen MR) is 133 cm³/mol. The van der Waals surface area contributed by atoms with Crippen molar-refractivity contribution in [1.82, 2.24) is 4.90 Å². The molecule has 1 fully saturated rings. The molecule has 0 saturated carbocycles. The van der Waals surface area contributed by atoms with Crippen LogP contribution >= 0.6 is 12.4 Å². The summed E-state index contributed by atoms with van der Waals surface area (Å²) in [4.78, 5) is 2.59. The SMILES string of the molecule is Cl.OCC(CCN1CCC(Cc2ccccc2)CC1)c1ccc(-c2ccccc2)cc1. The lowest BCUT2D eigenvalue weighted by Crippen LogP contribution is -2.35. The molecule has 1 N–H and O–H groups in total. The Hall–Kier alpha value is -2.13. The molecule has 1 heterocycles. The topological polar surface area (TPSA) is 23.5 Å². The van der Waals surface area contributed by atoms with Crippen molar-refractivity contribution in [2.24, 2.45) is 5.92 Å². The lowest BCUT2D eigenvalue weighted by Gasteiger charge is -2.33. The third kappa shape index (κ3) is 6.67. The molecule has 3 aromatic carbocycles. The van der Waals surface area contributed by atoms with Crippen LogP contribution in [0.3, 0.4) is 0 Å². The fourth-order valence-corrected chi connectivity index (χ4v) is 4.64. The van der Waals surface area contributed by atoms with Gasteiger partial charge >= 0.3 is 0 Å². The molecular weight excluding hydrogens is 402 g/mol. The zero-order valence-electron chi connectivity index (χ0n) is 18.2. The number of aliphatic hydroxyl groups is 1. The summed E-state index contributed by atoms with van der Waals surface area (Å²) in [6.45, 7) is 3.66. The number of likely N-dealkylation sites (tertiary alicyclic amines) is 1. The maximum Gasteiger partial charge on any atom is 0.0500 e. The van der Waals surface area contributed by atoms with Crippen molar-refractivity contribution in [2.75, 3.05) is 26.2 Å². The van der Waals surface area contributed by atoms with Crippen molar-refractivity contribution in [3.63, 3.8) is 0 Å². The van der Waals surface area contributed by atoms with E-state index in [9.17, 15) is 5.11 Å². The lowest BCUT2D eigenvalue weighted by atomic mass is 9.89. The molecule has 0 amide bonds. The normalized spacial score (nSPS) is 15.9. The minimum atomic E-state index is 0. The van der Waals surface area contributed by atoms with Crippen LogP contribution in [0.2, 0.25) is 0 Å². The van der Waals surface area contributed by atoms with Gasteiger partial charge in [0.1, 0.15) is 0 Å². The number of benzene rings is 3. The number of rotatable bonds is 8. The summed E-state index contributed by atoms with van der Waals surface area (Å²) in [5.41, 5.74) is 5.19. The van der Waals surface area contributed by atoms with Crippen LogP contribution in [0.15, 0.2) is 84.9 Å². The van der Waals surface area contributed by atoms with Gasteiger partial charge in [0.25, 0.3) is 0 Å². The van der Waals surface area contributed by atoms with Gasteiger partial charge in [0, 0.05) is 12.5 Å². The quantitative estimate of drug-likeness (QED) is 0.455. The molecule has 0 aliphatic carbocycles. The Kier molecular flexibility index (Phi) is 9.14. The molecule has 1 unspecified atom stereocenters. The predicted octanol–water partition coefficient (Wildman–Crippen LogP) is 6.20. The van der Waals surface area contributed by atoms with E-state index < -0.39 is 0 Å². The molecule has 2 nitrogen and oxygen atoms in total. The van der Waals surface area contributed by atoms with E-state index in [-0.39, 0.29) is 24.9 Å². The van der Waals surface area contributed by atoms with Crippen LogP contribution in [-0.2, 0) is 6.42 Å². The number of halogens is 1. The van der Waals surface area contributed by atoms with E-state index in [2.05, 4.69) is 83.8 Å². The molecule has 0 aromatic heterocycles. The maximum atomic E-state index is 9.98. The van der Waals surface area contributed by atoms with Crippen LogP contribution in [0.4, 0.5) is 0 Å². The van der Waals surface area contributed by atoms with Gasteiger partial charge in [0.05, 0.1) is 0 Å². The highest BCUT2D eigenvalue weighted by Gasteiger charge is 2.20. The van der Waals surface area contributed by atoms with Crippen LogP contribution in [-0.4, -0.2) is 36.2 Å². The molecule has 1 aliphatic heterocycles. The van der Waals surface area contributed by atoms with Crippen molar-refractivity contribution in [2.45, 2.75) is 31.6 Å². The molecule has 3 heteroatoms. The van der Waals surface area contributed by atoms with Crippen LogP contribution in [0.1, 0.15) is 36.3 Å². The first-order chi connectivity index (χ1) is 14.8. The summed E-state index contributed by atoms with van der Waals surface area (Å²) in [5.74, 6) is 1.03. The summed E-state index contributed by atoms with van der Waals surface area (Å²) in [5, 5.41) is 9.98. The van der Waals surface area contributed by atoms with Gasteiger partial charge < -0.3 is 10.0 Å². The molecule has 164 valence electrons. The Morgan fingerprint density at radius 1 is 0.774 bits per heavy atom. The van der Waals surface area contributed by atoms with E-state index in [0.717, 1.165) is 18.9 Å². The summed E-state index contributed by atoms with van der Waals surface area (Å²) in [6.07, 6.45) is 4.79. The van der Waals surface area contributed by atoms with Crippen molar-refractivity contribution in [1.29, 1.82) is 0 Å². The minimum Gasteiger partial charge on any atom is -0.396 e. The average molecular weight is 436 g/mol. The fraction of sp³-hybridized carbons (Fsp3) is 0.357. The second-order valence-corrected chi connectivity index (χ2v) is 8.63. The summed E-state index contributed by atoms with van der Waals surface area (Å²) >= 11 is 0. The van der Waals surface area contributed by atoms with Crippen molar-refractivity contribution >= 4 is 12.4 Å². The highest BCUT2D eigenvalue weighted by Crippen LogP contribution is 2.26. The molecule has 0 radical (unpaired) electrons. The van der Waals surface area contributed by atoms with E-state index >= 15 is 0 Å². The number of aliphatic hydroxyl groups excluding tert-OH is 1. The van der Waals surface area contributed by atoms with E-state index in [1.54, 1.807) is 0 Å². The zero-order valence-corrected chi connectivity index (χ0v) is 19.0. The number of nitrogens with zero attached hydrogens (tertiary/aromatic N) is 1. The second-order valence-electron chi connectivity index (χ2n) is 8.63. The van der Waals surface area contributed by atoms with Crippen LogP contribution in [0.25, 0.3) is 11.1 Å². The number of piperidine rings is 1. The Bertz CT molecular complexity index is 874. The lowest BCUT2D eigenvalue weighted by molar-refractivity contribution is 0.169. The van der Waals surface area contributed by atoms with Gasteiger partial charge in [-0.3, -0.25) is 0 Å². The summed E-state index contributed by atoms with van der Waals surface area (Å²) in [7, 11) is 0. The Morgan fingerprint density at radius 3 is 1.97 bits per heavy atom. The van der Waals surface area contributed by atoms with Gasteiger partial charge in [-0.05, 0) is 73.5 Å². The van der Waals surface area contributed by atoms with Gasteiger partial charge in [-0.2, -0.15) is 0 Å². The van der Waals surface area contributed by atoms with E-state index in [0.29, 0.717) is 0 Å². The van der Waals surface area contributed by atoms with Gasteiger partial charge in [-0.25, -0.2) is 0 Å². The van der Waals surface area contributed by atoms with Gasteiger partial charge in [-0.15, -0.1) is 12.4 Å². The number of hydrogen-bond donors (Lipinski definition) is 1. The van der Waals surface area contributed by atoms with E-state index in [1.807, 2.05) is 6.07 Å². The van der Waals surface area contributed by atoms with Crippen molar-refractivity contribution < 1.29 is 5.11 Å². The van der Waals surface area contributed by atoms with Crippen LogP contribution in [0, 0.1) is 5.92 Å². The minimum absolute atomic E-state index is 0. The molecule has 31 heavy (non-hydrogen) atoms. The second kappa shape index (κ2) is 12.0. The third-order valence-corrected chi connectivity index (χ3v) is 6.58. The molecule has 0 spiro atoms. The Balaban J connectivity index is 0.00000272.